The van der Waals surface area contributed by atoms with Gasteiger partial charge in [0.2, 0.25) is 0 Å². The SMILES string of the molecule is O=C(Nc1cc(Cl)c(Cl)cc1OC1CN(C/C=C/c2ccc(Cl)cc2)C1)c1ccnc(Cl)c1. The number of nitrogens with zero attached hydrogens (tertiary/aromatic N) is 2. The average molecular weight is 523 g/mol. The number of halogens is 4. The topological polar surface area (TPSA) is 54.5 Å². The van der Waals surface area contributed by atoms with Crippen LogP contribution in [0.5, 0.6) is 5.75 Å². The lowest BCUT2D eigenvalue weighted by Crippen LogP contribution is -2.53. The highest BCUT2D eigenvalue weighted by molar-refractivity contribution is 6.42. The van der Waals surface area contributed by atoms with Crippen LogP contribution in [0, 0.1) is 0 Å². The number of hydrogen-bond donors (Lipinski definition) is 1. The van der Waals surface area contributed by atoms with E-state index in [1.54, 1.807) is 18.2 Å². The first-order chi connectivity index (χ1) is 15.9. The number of rotatable bonds is 7. The summed E-state index contributed by atoms with van der Waals surface area (Å²) in [4.78, 5) is 18.8. The monoisotopic (exact) mass is 521 g/mol. The van der Waals surface area contributed by atoms with E-state index in [-0.39, 0.29) is 17.2 Å². The predicted molar refractivity (Wildman–Crippen MR) is 135 cm³/mol. The molecule has 1 aromatic heterocycles. The van der Waals surface area contributed by atoms with Crippen molar-refractivity contribution in [2.24, 2.45) is 0 Å². The standard InChI is InChI=1S/C24H19Cl4N3O2/c25-17-5-3-15(4-6-17)2-1-9-31-13-18(14-31)33-22-12-20(27)19(26)11-21(22)30-24(32)16-7-8-29-23(28)10-16/h1-8,10-12,18H,9,13-14H2,(H,30,32)/b2-1+. The number of carbonyl (C=O) groups is 1. The van der Waals surface area contributed by atoms with Crippen molar-refractivity contribution < 1.29 is 9.53 Å². The Hall–Kier alpha value is -2.28. The molecule has 170 valence electrons. The predicted octanol–water partition coefficient (Wildman–Crippen LogP) is 6.72. The van der Waals surface area contributed by atoms with Gasteiger partial charge in [0.25, 0.3) is 5.91 Å². The molecule has 1 aliphatic heterocycles. The fourth-order valence-corrected chi connectivity index (χ4v) is 3.92. The van der Waals surface area contributed by atoms with Gasteiger partial charge in [-0.25, -0.2) is 4.98 Å². The van der Waals surface area contributed by atoms with E-state index < -0.39 is 0 Å². The van der Waals surface area contributed by atoms with E-state index in [9.17, 15) is 4.79 Å². The number of hydrogen-bond acceptors (Lipinski definition) is 4. The normalized spacial score (nSPS) is 14.3. The fourth-order valence-electron chi connectivity index (χ4n) is 3.30. The first-order valence-electron chi connectivity index (χ1n) is 10.1. The molecule has 1 N–H and O–H groups in total. The molecular weight excluding hydrogens is 504 g/mol. The lowest BCUT2D eigenvalue weighted by atomic mass is 10.1. The van der Waals surface area contributed by atoms with Gasteiger partial charge in [-0.05, 0) is 35.9 Å². The summed E-state index contributed by atoms with van der Waals surface area (Å²) in [6.45, 7) is 2.30. The molecule has 3 aromatic rings. The Kier molecular flexibility index (Phi) is 7.78. The molecule has 1 aliphatic rings. The number of anilines is 1. The Morgan fingerprint density at radius 3 is 2.52 bits per heavy atom. The third kappa shape index (κ3) is 6.40. The van der Waals surface area contributed by atoms with Gasteiger partial charge in [-0.3, -0.25) is 9.69 Å². The smallest absolute Gasteiger partial charge is 0.255 e. The zero-order valence-corrected chi connectivity index (χ0v) is 20.3. The first kappa shape index (κ1) is 23.9. The van der Waals surface area contributed by atoms with Crippen LogP contribution in [0.2, 0.25) is 20.2 Å². The summed E-state index contributed by atoms with van der Waals surface area (Å²) in [7, 11) is 0. The van der Waals surface area contributed by atoms with Gasteiger partial charge in [0.15, 0.2) is 0 Å². The maximum absolute atomic E-state index is 12.6. The van der Waals surface area contributed by atoms with Crippen LogP contribution in [0.3, 0.4) is 0 Å². The molecule has 1 fully saturated rings. The number of nitrogens with one attached hydrogen (secondary N) is 1. The molecular formula is C24H19Cl4N3O2. The molecule has 2 aromatic carbocycles. The maximum Gasteiger partial charge on any atom is 0.255 e. The number of ether oxygens (including phenoxy) is 1. The van der Waals surface area contributed by atoms with E-state index in [1.807, 2.05) is 24.3 Å². The van der Waals surface area contributed by atoms with Crippen molar-refractivity contribution in [3.05, 3.63) is 92.2 Å². The number of pyridine rings is 1. The zero-order chi connectivity index (χ0) is 23.4. The van der Waals surface area contributed by atoms with Gasteiger partial charge in [-0.15, -0.1) is 0 Å². The summed E-state index contributed by atoms with van der Waals surface area (Å²) in [5.74, 6) is 0.101. The zero-order valence-electron chi connectivity index (χ0n) is 17.3. The number of carbonyl (C=O) groups excluding carboxylic acids is 1. The molecule has 5 nitrogen and oxygen atoms in total. The molecule has 0 saturated carbocycles. The van der Waals surface area contributed by atoms with E-state index >= 15 is 0 Å². The van der Waals surface area contributed by atoms with E-state index in [2.05, 4.69) is 27.4 Å². The van der Waals surface area contributed by atoms with E-state index in [1.165, 1.54) is 12.3 Å². The number of likely N-dealkylation sites (tertiary alicyclic amines) is 1. The van der Waals surface area contributed by atoms with Crippen molar-refractivity contribution in [1.29, 1.82) is 0 Å². The molecule has 0 atom stereocenters. The number of benzene rings is 2. The summed E-state index contributed by atoms with van der Waals surface area (Å²) in [6, 6.07) is 13.9. The second-order valence-electron chi connectivity index (χ2n) is 7.50. The van der Waals surface area contributed by atoms with Crippen molar-refractivity contribution in [3.63, 3.8) is 0 Å². The lowest BCUT2D eigenvalue weighted by molar-refractivity contribution is 0.0288. The Balaban J connectivity index is 1.36. The lowest BCUT2D eigenvalue weighted by Gasteiger charge is -2.38. The van der Waals surface area contributed by atoms with Gasteiger partial charge in [-0.2, -0.15) is 0 Å². The van der Waals surface area contributed by atoms with E-state index in [0.29, 0.717) is 27.0 Å². The van der Waals surface area contributed by atoms with Gasteiger partial charge in [-0.1, -0.05) is 70.7 Å². The summed E-state index contributed by atoms with van der Waals surface area (Å²) < 4.78 is 6.11. The molecule has 1 amide bonds. The summed E-state index contributed by atoms with van der Waals surface area (Å²) in [5, 5.41) is 4.43. The molecule has 0 aliphatic carbocycles. The second-order valence-corrected chi connectivity index (χ2v) is 9.13. The van der Waals surface area contributed by atoms with Crippen LogP contribution < -0.4 is 10.1 Å². The fraction of sp³-hybridized carbons (Fsp3) is 0.167. The van der Waals surface area contributed by atoms with Crippen molar-refractivity contribution in [2.75, 3.05) is 25.0 Å². The third-order valence-corrected chi connectivity index (χ3v) is 6.20. The van der Waals surface area contributed by atoms with Crippen LogP contribution >= 0.6 is 46.4 Å². The van der Waals surface area contributed by atoms with Gasteiger partial charge >= 0.3 is 0 Å². The van der Waals surface area contributed by atoms with Gasteiger partial charge < -0.3 is 10.1 Å². The minimum absolute atomic E-state index is 0.0304. The van der Waals surface area contributed by atoms with Gasteiger partial charge in [0, 0.05) is 42.5 Å². The number of aromatic nitrogens is 1. The van der Waals surface area contributed by atoms with Gasteiger partial charge in [0.1, 0.15) is 17.0 Å². The van der Waals surface area contributed by atoms with Crippen LogP contribution in [0.15, 0.2) is 60.8 Å². The van der Waals surface area contributed by atoms with Crippen molar-refractivity contribution in [1.82, 2.24) is 9.88 Å². The second kappa shape index (κ2) is 10.8. The molecule has 9 heteroatoms. The summed E-state index contributed by atoms with van der Waals surface area (Å²) >= 11 is 24.2. The van der Waals surface area contributed by atoms with Gasteiger partial charge in [0.05, 0.1) is 15.7 Å². The number of amides is 1. The van der Waals surface area contributed by atoms with Crippen LogP contribution in [-0.4, -0.2) is 41.5 Å². The quantitative estimate of drug-likeness (QED) is 0.350. The molecule has 1 saturated heterocycles. The Morgan fingerprint density at radius 1 is 1.06 bits per heavy atom. The largest absolute Gasteiger partial charge is 0.486 e. The highest BCUT2D eigenvalue weighted by atomic mass is 35.5. The van der Waals surface area contributed by atoms with E-state index in [4.69, 9.17) is 51.1 Å². The van der Waals surface area contributed by atoms with Crippen LogP contribution in [0.25, 0.3) is 6.08 Å². The minimum Gasteiger partial charge on any atom is -0.486 e. The summed E-state index contributed by atoms with van der Waals surface area (Å²) in [5.41, 5.74) is 1.90. The third-order valence-electron chi connectivity index (χ3n) is 5.02. The van der Waals surface area contributed by atoms with Crippen LogP contribution in [-0.2, 0) is 0 Å². The molecule has 0 unspecified atom stereocenters. The molecule has 0 spiro atoms. The van der Waals surface area contributed by atoms with E-state index in [0.717, 1.165) is 30.2 Å². The highest BCUT2D eigenvalue weighted by Gasteiger charge is 2.28. The van der Waals surface area contributed by atoms with Crippen LogP contribution in [0.4, 0.5) is 5.69 Å². The molecule has 0 bridgehead atoms. The average Bonchev–Trinajstić information content (AvgIpc) is 2.76. The Bertz CT molecular complexity index is 1180. The molecule has 4 rings (SSSR count). The molecule has 2 heterocycles. The van der Waals surface area contributed by atoms with Crippen LogP contribution in [0.1, 0.15) is 15.9 Å². The first-order valence-corrected chi connectivity index (χ1v) is 11.6. The van der Waals surface area contributed by atoms with Crippen molar-refractivity contribution in [3.8, 4) is 5.75 Å². The highest BCUT2D eigenvalue weighted by Crippen LogP contribution is 2.36. The minimum atomic E-state index is -0.356. The Labute approximate surface area is 211 Å². The molecule has 0 radical (unpaired) electrons. The summed E-state index contributed by atoms with van der Waals surface area (Å²) in [6.07, 6.45) is 5.60. The molecule has 33 heavy (non-hydrogen) atoms. The van der Waals surface area contributed by atoms with Crippen molar-refractivity contribution >= 4 is 64.1 Å². The maximum atomic E-state index is 12.6. The van der Waals surface area contributed by atoms with Crippen molar-refractivity contribution in [2.45, 2.75) is 6.10 Å². The Morgan fingerprint density at radius 2 is 1.79 bits per heavy atom.